The molecule has 31 heavy (non-hydrogen) atoms. The zero-order valence-electron chi connectivity index (χ0n) is 17.2. The lowest BCUT2D eigenvalue weighted by atomic mass is 10.1. The number of hydrogen-bond donors (Lipinski definition) is 1. The molecular weight excluding hydrogens is 413 g/mol. The summed E-state index contributed by atoms with van der Waals surface area (Å²) < 4.78 is 41.9. The maximum atomic E-state index is 14.0. The molecule has 1 heterocycles. The minimum Gasteiger partial charge on any atom is -0.367 e. The number of para-hydroxylation sites is 1. The fourth-order valence-corrected chi connectivity index (χ4v) is 4.82. The van der Waals surface area contributed by atoms with Crippen LogP contribution in [0.4, 0.5) is 10.1 Å². The SMILES string of the molecule is O=S(=O)(NCCN1CCN(c2ccccc2F)CC1)c1ccc(-c2ccccc2)cc1. The van der Waals surface area contributed by atoms with Crippen LogP contribution in [0, 0.1) is 5.82 Å². The number of benzene rings is 3. The van der Waals surface area contributed by atoms with Gasteiger partial charge in [-0.25, -0.2) is 17.5 Å². The second-order valence-corrected chi connectivity index (χ2v) is 9.34. The predicted octanol–water partition coefficient (Wildman–Crippen LogP) is 3.59. The highest BCUT2D eigenvalue weighted by atomic mass is 32.2. The fraction of sp³-hybridized carbons (Fsp3) is 0.250. The van der Waals surface area contributed by atoms with Gasteiger partial charge in [0, 0.05) is 39.3 Å². The number of piperazine rings is 1. The molecule has 1 saturated heterocycles. The van der Waals surface area contributed by atoms with Crippen LogP contribution in [-0.2, 0) is 10.0 Å². The average molecular weight is 440 g/mol. The van der Waals surface area contributed by atoms with Gasteiger partial charge in [0.05, 0.1) is 10.6 Å². The fourth-order valence-electron chi connectivity index (χ4n) is 3.80. The summed E-state index contributed by atoms with van der Waals surface area (Å²) in [7, 11) is -3.56. The third kappa shape index (κ3) is 5.31. The number of anilines is 1. The Hall–Kier alpha value is -2.74. The van der Waals surface area contributed by atoms with E-state index in [9.17, 15) is 12.8 Å². The van der Waals surface area contributed by atoms with Crippen molar-refractivity contribution in [2.75, 3.05) is 44.2 Å². The van der Waals surface area contributed by atoms with Gasteiger partial charge in [0.1, 0.15) is 5.82 Å². The van der Waals surface area contributed by atoms with E-state index in [2.05, 4.69) is 9.62 Å². The zero-order chi connectivity index (χ0) is 21.7. The molecule has 0 atom stereocenters. The van der Waals surface area contributed by atoms with E-state index in [0.29, 0.717) is 31.9 Å². The van der Waals surface area contributed by atoms with E-state index in [0.717, 1.165) is 24.2 Å². The first kappa shape index (κ1) is 21.5. The van der Waals surface area contributed by atoms with Gasteiger partial charge in [0.2, 0.25) is 10.0 Å². The van der Waals surface area contributed by atoms with Crippen LogP contribution < -0.4 is 9.62 Å². The highest BCUT2D eigenvalue weighted by Gasteiger charge is 2.20. The van der Waals surface area contributed by atoms with Crippen molar-refractivity contribution in [1.82, 2.24) is 9.62 Å². The lowest BCUT2D eigenvalue weighted by Crippen LogP contribution is -2.48. The molecule has 3 aromatic rings. The van der Waals surface area contributed by atoms with Crippen LogP contribution in [0.25, 0.3) is 11.1 Å². The Balaban J connectivity index is 1.27. The Bertz CT molecular complexity index is 1100. The highest BCUT2D eigenvalue weighted by Crippen LogP contribution is 2.21. The van der Waals surface area contributed by atoms with E-state index in [4.69, 9.17) is 0 Å². The van der Waals surface area contributed by atoms with Gasteiger partial charge in [-0.3, -0.25) is 4.90 Å². The number of nitrogens with one attached hydrogen (secondary N) is 1. The molecule has 0 radical (unpaired) electrons. The Kier molecular flexibility index (Phi) is 6.65. The first-order valence-corrected chi connectivity index (χ1v) is 11.9. The van der Waals surface area contributed by atoms with Crippen molar-refractivity contribution in [3.63, 3.8) is 0 Å². The van der Waals surface area contributed by atoms with Gasteiger partial charge in [-0.2, -0.15) is 0 Å². The highest BCUT2D eigenvalue weighted by molar-refractivity contribution is 7.89. The molecule has 1 aliphatic heterocycles. The van der Waals surface area contributed by atoms with Crippen molar-refractivity contribution in [2.45, 2.75) is 4.90 Å². The second kappa shape index (κ2) is 9.60. The molecular formula is C24H26FN3O2S. The first-order chi connectivity index (χ1) is 15.0. The van der Waals surface area contributed by atoms with Crippen LogP contribution in [-0.4, -0.2) is 52.6 Å². The molecule has 0 bridgehead atoms. The average Bonchev–Trinajstić information content (AvgIpc) is 2.81. The van der Waals surface area contributed by atoms with Crippen LogP contribution >= 0.6 is 0 Å². The van der Waals surface area contributed by atoms with E-state index >= 15 is 0 Å². The topological polar surface area (TPSA) is 52.7 Å². The predicted molar refractivity (Wildman–Crippen MR) is 122 cm³/mol. The summed E-state index contributed by atoms with van der Waals surface area (Å²) in [4.78, 5) is 4.49. The van der Waals surface area contributed by atoms with Crippen LogP contribution in [0.1, 0.15) is 0 Å². The van der Waals surface area contributed by atoms with Gasteiger partial charge in [-0.1, -0.05) is 54.6 Å². The van der Waals surface area contributed by atoms with Crippen molar-refractivity contribution in [1.29, 1.82) is 0 Å². The van der Waals surface area contributed by atoms with Crippen molar-refractivity contribution in [2.24, 2.45) is 0 Å². The van der Waals surface area contributed by atoms with E-state index in [1.807, 2.05) is 53.4 Å². The zero-order valence-corrected chi connectivity index (χ0v) is 18.1. The molecule has 0 amide bonds. The van der Waals surface area contributed by atoms with Gasteiger partial charge in [-0.15, -0.1) is 0 Å². The molecule has 7 heteroatoms. The quantitative estimate of drug-likeness (QED) is 0.611. The summed E-state index contributed by atoms with van der Waals surface area (Å²) in [6.07, 6.45) is 0. The molecule has 1 fully saturated rings. The van der Waals surface area contributed by atoms with Gasteiger partial charge in [-0.05, 0) is 35.4 Å². The minimum absolute atomic E-state index is 0.206. The largest absolute Gasteiger partial charge is 0.367 e. The Morgan fingerprint density at radius 3 is 2.06 bits per heavy atom. The summed E-state index contributed by atoms with van der Waals surface area (Å²) >= 11 is 0. The molecule has 3 aromatic carbocycles. The van der Waals surface area contributed by atoms with Gasteiger partial charge in [0.25, 0.3) is 0 Å². The van der Waals surface area contributed by atoms with Crippen molar-refractivity contribution in [3.8, 4) is 11.1 Å². The Morgan fingerprint density at radius 2 is 1.39 bits per heavy atom. The van der Waals surface area contributed by atoms with Crippen LogP contribution in [0.15, 0.2) is 83.8 Å². The monoisotopic (exact) mass is 439 g/mol. The van der Waals surface area contributed by atoms with E-state index in [1.165, 1.54) is 6.07 Å². The van der Waals surface area contributed by atoms with E-state index in [-0.39, 0.29) is 10.7 Å². The lowest BCUT2D eigenvalue weighted by molar-refractivity contribution is 0.261. The van der Waals surface area contributed by atoms with E-state index in [1.54, 1.807) is 24.3 Å². The standard InChI is InChI=1S/C24H26FN3O2S/c25-23-8-4-5-9-24(23)28-18-16-27(17-19-28)15-14-26-31(29,30)22-12-10-21(11-13-22)20-6-2-1-3-7-20/h1-13,26H,14-19H2. The lowest BCUT2D eigenvalue weighted by Gasteiger charge is -2.36. The van der Waals surface area contributed by atoms with Crippen molar-refractivity contribution in [3.05, 3.63) is 84.7 Å². The summed E-state index contributed by atoms with van der Waals surface area (Å²) in [5, 5.41) is 0. The molecule has 0 aromatic heterocycles. The van der Waals surface area contributed by atoms with Crippen molar-refractivity contribution >= 4 is 15.7 Å². The van der Waals surface area contributed by atoms with Gasteiger partial charge >= 0.3 is 0 Å². The van der Waals surface area contributed by atoms with Crippen LogP contribution in [0.2, 0.25) is 0 Å². The van der Waals surface area contributed by atoms with Gasteiger partial charge in [0.15, 0.2) is 0 Å². The first-order valence-electron chi connectivity index (χ1n) is 10.4. The number of nitrogens with zero attached hydrogens (tertiary/aromatic N) is 2. The van der Waals surface area contributed by atoms with E-state index < -0.39 is 10.0 Å². The molecule has 0 aliphatic carbocycles. The molecule has 5 nitrogen and oxygen atoms in total. The molecule has 4 rings (SSSR count). The Labute approximate surface area is 183 Å². The number of halogens is 1. The minimum atomic E-state index is -3.56. The smallest absolute Gasteiger partial charge is 0.240 e. The van der Waals surface area contributed by atoms with Crippen LogP contribution in [0.3, 0.4) is 0 Å². The third-order valence-corrected chi connectivity index (χ3v) is 7.03. The maximum Gasteiger partial charge on any atom is 0.240 e. The summed E-state index contributed by atoms with van der Waals surface area (Å²) in [5.74, 6) is -0.206. The third-order valence-electron chi connectivity index (χ3n) is 5.56. The summed E-state index contributed by atoms with van der Waals surface area (Å²) in [6.45, 7) is 3.92. The molecule has 1 N–H and O–H groups in total. The number of hydrogen-bond acceptors (Lipinski definition) is 4. The molecule has 1 aliphatic rings. The number of rotatable bonds is 7. The normalized spacial score (nSPS) is 15.2. The summed E-state index contributed by atoms with van der Waals surface area (Å²) in [6, 6.07) is 23.6. The van der Waals surface area contributed by atoms with Crippen molar-refractivity contribution < 1.29 is 12.8 Å². The molecule has 0 unspecified atom stereocenters. The Morgan fingerprint density at radius 1 is 0.774 bits per heavy atom. The molecule has 0 saturated carbocycles. The van der Waals surface area contributed by atoms with Gasteiger partial charge < -0.3 is 4.90 Å². The molecule has 162 valence electrons. The number of sulfonamides is 1. The van der Waals surface area contributed by atoms with Crippen LogP contribution in [0.5, 0.6) is 0 Å². The second-order valence-electron chi connectivity index (χ2n) is 7.57. The maximum absolute atomic E-state index is 14.0. The summed E-state index contributed by atoms with van der Waals surface area (Å²) in [5.41, 5.74) is 2.66. The molecule has 0 spiro atoms.